The Balaban J connectivity index is 1.52. The van der Waals surface area contributed by atoms with E-state index in [-0.39, 0.29) is 0 Å². The van der Waals surface area contributed by atoms with Crippen LogP contribution in [0, 0.1) is 5.92 Å². The number of hydrogen-bond acceptors (Lipinski definition) is 6. The van der Waals surface area contributed by atoms with Gasteiger partial charge in [-0.05, 0) is 55.2 Å². The number of rotatable bonds is 8. The second-order valence-electron chi connectivity index (χ2n) is 9.06. The molecule has 0 aromatic heterocycles. The Kier molecular flexibility index (Phi) is 8.86. The molecule has 1 amide bonds. The Labute approximate surface area is 184 Å². The summed E-state index contributed by atoms with van der Waals surface area (Å²) in [5, 5.41) is 41.6. The van der Waals surface area contributed by atoms with Gasteiger partial charge in [0.25, 0.3) is 5.91 Å². The van der Waals surface area contributed by atoms with Crippen LogP contribution >= 0.6 is 0 Å². The van der Waals surface area contributed by atoms with Crippen LogP contribution in [0.25, 0.3) is 0 Å². The van der Waals surface area contributed by atoms with Crippen LogP contribution in [0.15, 0.2) is 24.3 Å². The Hall–Kier alpha value is -1.51. The van der Waals surface area contributed by atoms with E-state index in [4.69, 9.17) is 4.74 Å². The van der Waals surface area contributed by atoms with E-state index in [0.717, 1.165) is 5.92 Å². The smallest absolute Gasteiger partial charge is 0.253 e. The molecule has 1 aliphatic carbocycles. The SMILES string of the molecule is CCCCCC1CCC(c2ccc(C(=O)N[C@@H]3O[C@H](CO)[C@@H](O)[C@H](O)[C@H]3O)cc2)CC1. The van der Waals surface area contributed by atoms with Crippen molar-refractivity contribution in [2.45, 2.75) is 94.9 Å². The zero-order valence-electron chi connectivity index (χ0n) is 18.3. The third-order valence-electron chi connectivity index (χ3n) is 6.87. The van der Waals surface area contributed by atoms with E-state index in [1.807, 2.05) is 12.1 Å². The molecule has 31 heavy (non-hydrogen) atoms. The molecule has 7 nitrogen and oxygen atoms in total. The third-order valence-corrected chi connectivity index (χ3v) is 6.87. The lowest BCUT2D eigenvalue weighted by Crippen LogP contribution is -2.63. The van der Waals surface area contributed by atoms with Crippen molar-refractivity contribution in [2.24, 2.45) is 5.92 Å². The van der Waals surface area contributed by atoms with Crippen LogP contribution in [0.3, 0.4) is 0 Å². The van der Waals surface area contributed by atoms with Crippen molar-refractivity contribution >= 4 is 5.91 Å². The summed E-state index contributed by atoms with van der Waals surface area (Å²) in [7, 11) is 0. The van der Waals surface area contributed by atoms with E-state index < -0.39 is 43.2 Å². The zero-order chi connectivity index (χ0) is 22.4. The third kappa shape index (κ3) is 6.05. The highest BCUT2D eigenvalue weighted by molar-refractivity contribution is 5.94. The summed E-state index contributed by atoms with van der Waals surface area (Å²) in [6, 6.07) is 7.51. The molecule has 2 aliphatic rings. The van der Waals surface area contributed by atoms with Crippen molar-refractivity contribution in [3.63, 3.8) is 0 Å². The summed E-state index contributed by atoms with van der Waals surface area (Å²) in [5.41, 5.74) is 1.67. The predicted octanol–water partition coefficient (Wildman–Crippen LogP) is 2.07. The standard InChI is InChI=1S/C24H37NO6/c1-2-3-4-5-15-6-8-16(9-7-15)17-10-12-18(13-11-17)23(30)25-24-22(29)21(28)20(27)19(14-26)31-24/h10-13,15-16,19-22,24,26-29H,2-9,14H2,1H3,(H,25,30)/t15?,16?,19-,20-,21+,22-,24-/m1/s1. The first-order valence-corrected chi connectivity index (χ1v) is 11.7. The molecule has 0 unspecified atom stereocenters. The van der Waals surface area contributed by atoms with Gasteiger partial charge in [0.2, 0.25) is 0 Å². The second kappa shape index (κ2) is 11.4. The number of amides is 1. The number of nitrogens with one attached hydrogen (secondary N) is 1. The van der Waals surface area contributed by atoms with Crippen molar-refractivity contribution in [2.75, 3.05) is 6.61 Å². The zero-order valence-corrected chi connectivity index (χ0v) is 18.3. The van der Waals surface area contributed by atoms with Gasteiger partial charge >= 0.3 is 0 Å². The van der Waals surface area contributed by atoms with Gasteiger partial charge in [-0.1, -0.05) is 44.7 Å². The first kappa shape index (κ1) is 24.1. The van der Waals surface area contributed by atoms with Crippen LogP contribution in [0.4, 0.5) is 0 Å². The minimum atomic E-state index is -1.52. The van der Waals surface area contributed by atoms with Crippen LogP contribution in [-0.2, 0) is 4.74 Å². The molecular formula is C24H37NO6. The quantitative estimate of drug-likeness (QED) is 0.399. The maximum absolute atomic E-state index is 12.6. The first-order valence-electron chi connectivity index (χ1n) is 11.7. The summed E-state index contributed by atoms with van der Waals surface area (Å²) in [5.74, 6) is 0.937. The fraction of sp³-hybridized carbons (Fsp3) is 0.708. The second-order valence-corrected chi connectivity index (χ2v) is 9.06. The van der Waals surface area contributed by atoms with Crippen LogP contribution < -0.4 is 5.32 Å². The molecule has 1 aromatic rings. The average molecular weight is 436 g/mol. The van der Waals surface area contributed by atoms with E-state index >= 15 is 0 Å². The van der Waals surface area contributed by atoms with Crippen molar-refractivity contribution in [3.05, 3.63) is 35.4 Å². The van der Waals surface area contributed by atoms with Gasteiger partial charge in [0.1, 0.15) is 24.4 Å². The first-order chi connectivity index (χ1) is 14.9. The lowest BCUT2D eigenvalue weighted by molar-refractivity contribution is -0.233. The molecule has 1 saturated carbocycles. The van der Waals surface area contributed by atoms with Gasteiger partial charge in [-0.15, -0.1) is 0 Å². The van der Waals surface area contributed by atoms with Gasteiger partial charge < -0.3 is 30.5 Å². The molecule has 1 saturated heterocycles. The summed E-state index contributed by atoms with van der Waals surface area (Å²) in [6.45, 7) is 1.71. The van der Waals surface area contributed by atoms with Crippen LogP contribution in [-0.4, -0.2) is 63.6 Å². The number of aliphatic hydroxyl groups is 4. The number of carbonyl (C=O) groups excluding carboxylic acids is 1. The summed E-state index contributed by atoms with van der Waals surface area (Å²) < 4.78 is 5.34. The number of ether oxygens (including phenoxy) is 1. The number of benzene rings is 1. The normalized spacial score (nSPS) is 33.8. The summed E-state index contributed by atoms with van der Waals surface area (Å²) in [4.78, 5) is 12.6. The Bertz CT molecular complexity index is 686. The fourth-order valence-corrected chi connectivity index (χ4v) is 4.81. The van der Waals surface area contributed by atoms with Crippen molar-refractivity contribution in [1.29, 1.82) is 0 Å². The molecule has 1 heterocycles. The van der Waals surface area contributed by atoms with Gasteiger partial charge in [-0.2, -0.15) is 0 Å². The predicted molar refractivity (Wildman–Crippen MR) is 117 cm³/mol. The van der Waals surface area contributed by atoms with Crippen LogP contribution in [0.2, 0.25) is 0 Å². The molecule has 0 bridgehead atoms. The van der Waals surface area contributed by atoms with E-state index in [1.54, 1.807) is 12.1 Å². The molecule has 2 fully saturated rings. The minimum absolute atomic E-state index is 0.425. The summed E-state index contributed by atoms with van der Waals surface area (Å²) in [6.07, 6.45) is 3.47. The van der Waals surface area contributed by atoms with Gasteiger partial charge in [-0.25, -0.2) is 0 Å². The number of hydrogen-bond donors (Lipinski definition) is 5. The molecule has 3 rings (SSSR count). The van der Waals surface area contributed by atoms with Crippen molar-refractivity contribution < 1.29 is 30.0 Å². The lowest BCUT2D eigenvalue weighted by atomic mass is 9.77. The Morgan fingerprint density at radius 2 is 1.68 bits per heavy atom. The molecule has 5 atom stereocenters. The number of carbonyl (C=O) groups is 1. The van der Waals surface area contributed by atoms with E-state index in [0.29, 0.717) is 11.5 Å². The van der Waals surface area contributed by atoms with Crippen LogP contribution in [0.5, 0.6) is 0 Å². The van der Waals surface area contributed by atoms with E-state index in [2.05, 4.69) is 12.2 Å². The van der Waals surface area contributed by atoms with Gasteiger partial charge in [-0.3, -0.25) is 4.79 Å². The van der Waals surface area contributed by atoms with E-state index in [1.165, 1.54) is 56.9 Å². The highest BCUT2D eigenvalue weighted by atomic mass is 16.6. The molecule has 7 heteroatoms. The summed E-state index contributed by atoms with van der Waals surface area (Å²) >= 11 is 0. The molecule has 1 aromatic carbocycles. The maximum atomic E-state index is 12.6. The van der Waals surface area contributed by atoms with Gasteiger partial charge in [0.15, 0.2) is 6.23 Å². The highest BCUT2D eigenvalue weighted by Crippen LogP contribution is 2.37. The lowest BCUT2D eigenvalue weighted by Gasteiger charge is -2.40. The maximum Gasteiger partial charge on any atom is 0.253 e. The monoisotopic (exact) mass is 435 g/mol. The molecule has 174 valence electrons. The number of aliphatic hydroxyl groups excluding tert-OH is 4. The Morgan fingerprint density at radius 1 is 1.00 bits per heavy atom. The largest absolute Gasteiger partial charge is 0.394 e. The molecular weight excluding hydrogens is 398 g/mol. The van der Waals surface area contributed by atoms with Crippen molar-refractivity contribution in [3.8, 4) is 0 Å². The van der Waals surface area contributed by atoms with Crippen molar-refractivity contribution in [1.82, 2.24) is 5.32 Å². The molecule has 5 N–H and O–H groups in total. The number of unbranched alkanes of at least 4 members (excludes halogenated alkanes) is 2. The molecule has 0 radical (unpaired) electrons. The highest BCUT2D eigenvalue weighted by Gasteiger charge is 2.44. The average Bonchev–Trinajstić information content (AvgIpc) is 2.80. The van der Waals surface area contributed by atoms with Gasteiger partial charge in [0, 0.05) is 5.56 Å². The topological polar surface area (TPSA) is 119 Å². The molecule has 1 aliphatic heterocycles. The van der Waals surface area contributed by atoms with Crippen LogP contribution in [0.1, 0.15) is 80.1 Å². The minimum Gasteiger partial charge on any atom is -0.394 e. The Morgan fingerprint density at radius 3 is 2.29 bits per heavy atom. The van der Waals surface area contributed by atoms with E-state index in [9.17, 15) is 25.2 Å². The fourth-order valence-electron chi connectivity index (χ4n) is 4.81. The molecule has 0 spiro atoms. The van der Waals surface area contributed by atoms with Gasteiger partial charge in [0.05, 0.1) is 6.61 Å².